The summed E-state index contributed by atoms with van der Waals surface area (Å²) in [5.74, 6) is 0.0782. The molecule has 11 aromatic rings. The van der Waals surface area contributed by atoms with Crippen molar-refractivity contribution >= 4 is 75.4 Å². The summed E-state index contributed by atoms with van der Waals surface area (Å²) < 4.78 is 0. The molecule has 1 aliphatic rings. The predicted octanol–water partition coefficient (Wildman–Crippen LogP) is 13.3. The minimum absolute atomic E-state index is 0.0782. The molecule has 12 rings (SSSR count). The zero-order chi connectivity index (χ0) is 31.8. The third-order valence-corrected chi connectivity index (χ3v) is 11.6. The van der Waals surface area contributed by atoms with E-state index in [9.17, 15) is 0 Å². The third-order valence-electron chi connectivity index (χ3n) is 11.6. The second-order valence-corrected chi connectivity index (χ2v) is 13.8. The monoisotopic (exact) mass is 615 g/mol. The first-order chi connectivity index (χ1) is 24.3. The average Bonchev–Trinajstić information content (AvgIpc) is 3.50. The van der Waals surface area contributed by atoms with Crippen LogP contribution in [0.1, 0.15) is 22.6 Å². The van der Waals surface area contributed by atoms with Crippen molar-refractivity contribution in [2.45, 2.75) is 5.92 Å². The molecule has 0 fully saturated rings. The van der Waals surface area contributed by atoms with E-state index < -0.39 is 0 Å². The molecule has 0 spiro atoms. The summed E-state index contributed by atoms with van der Waals surface area (Å²) in [4.78, 5) is 0. The molecular formula is C49H27. The molecule has 223 valence electrons. The zero-order valence-corrected chi connectivity index (χ0v) is 26.6. The van der Waals surface area contributed by atoms with Gasteiger partial charge in [0.05, 0.1) is 0 Å². The van der Waals surface area contributed by atoms with Gasteiger partial charge in [0.15, 0.2) is 0 Å². The molecule has 0 saturated carbocycles. The van der Waals surface area contributed by atoms with Gasteiger partial charge in [-0.15, -0.1) is 0 Å². The molecule has 0 nitrogen and oxygen atoms in total. The van der Waals surface area contributed by atoms with Gasteiger partial charge >= 0.3 is 0 Å². The first-order valence-electron chi connectivity index (χ1n) is 17.2. The largest absolute Gasteiger partial charge is 0.0619 e. The van der Waals surface area contributed by atoms with Crippen LogP contribution in [0.4, 0.5) is 0 Å². The molecule has 0 aliphatic heterocycles. The SMILES string of the molecule is [c]1ccc2c(c1-c1ccc3ccc4cccc5ccc1c3c45)C(c1ccc3c4cccc5cccc(c6cccc1c63)c54)c1ccccc1-2. The van der Waals surface area contributed by atoms with Gasteiger partial charge in [-0.05, 0) is 120 Å². The smallest absolute Gasteiger partial charge is 0.0364 e. The van der Waals surface area contributed by atoms with Gasteiger partial charge in [0, 0.05) is 5.92 Å². The summed E-state index contributed by atoms with van der Waals surface area (Å²) in [6.45, 7) is 0. The van der Waals surface area contributed by atoms with E-state index in [1.54, 1.807) is 0 Å². The van der Waals surface area contributed by atoms with Crippen molar-refractivity contribution in [3.8, 4) is 22.3 Å². The maximum Gasteiger partial charge on any atom is 0.0364 e. The van der Waals surface area contributed by atoms with Gasteiger partial charge in [0.2, 0.25) is 0 Å². The van der Waals surface area contributed by atoms with E-state index in [4.69, 9.17) is 0 Å². The summed E-state index contributed by atoms with van der Waals surface area (Å²) >= 11 is 0. The van der Waals surface area contributed by atoms with E-state index in [2.05, 4.69) is 164 Å². The molecule has 0 saturated heterocycles. The van der Waals surface area contributed by atoms with Crippen LogP contribution < -0.4 is 0 Å². The molecule has 49 heavy (non-hydrogen) atoms. The van der Waals surface area contributed by atoms with Crippen LogP contribution in [0.3, 0.4) is 0 Å². The topological polar surface area (TPSA) is 0 Å². The summed E-state index contributed by atoms with van der Waals surface area (Å²) in [6.07, 6.45) is 0. The standard InChI is InChI=1S/C49H27/c1-2-13-34-32(12-1)35-16-6-17-36(33-24-22-31-21-20-29-8-3-9-30-23-25-41(33)46(31)44(29)30)48(35)49(34)43-27-26-42-38-15-5-11-28-10-4-14-37(45(28)38)39-18-7-19-40(43)47(39)42/h1-16,18-27,49H. The molecule has 1 unspecified atom stereocenters. The highest BCUT2D eigenvalue weighted by molar-refractivity contribution is 6.33. The Morgan fingerprint density at radius 3 is 1.73 bits per heavy atom. The maximum atomic E-state index is 3.81. The molecular weight excluding hydrogens is 589 g/mol. The number of benzene rings is 11. The van der Waals surface area contributed by atoms with Crippen molar-refractivity contribution in [3.63, 3.8) is 0 Å². The van der Waals surface area contributed by atoms with Crippen molar-refractivity contribution in [1.82, 2.24) is 0 Å². The molecule has 1 aliphatic carbocycles. The maximum absolute atomic E-state index is 3.81. The molecule has 0 bridgehead atoms. The van der Waals surface area contributed by atoms with Crippen molar-refractivity contribution in [2.24, 2.45) is 0 Å². The number of hydrogen-bond acceptors (Lipinski definition) is 0. The van der Waals surface area contributed by atoms with Gasteiger partial charge in [-0.2, -0.15) is 0 Å². The van der Waals surface area contributed by atoms with E-state index in [-0.39, 0.29) is 5.92 Å². The Labute approximate surface area is 283 Å². The summed E-state index contributed by atoms with van der Waals surface area (Å²) in [5.41, 5.74) is 9.18. The van der Waals surface area contributed by atoms with Crippen molar-refractivity contribution in [2.75, 3.05) is 0 Å². The van der Waals surface area contributed by atoms with Crippen LogP contribution in [-0.2, 0) is 0 Å². The highest BCUT2D eigenvalue weighted by atomic mass is 14.4. The average molecular weight is 616 g/mol. The lowest BCUT2D eigenvalue weighted by Gasteiger charge is -2.23. The fraction of sp³-hybridized carbons (Fsp3) is 0.0204. The first-order valence-corrected chi connectivity index (χ1v) is 17.2. The van der Waals surface area contributed by atoms with Gasteiger partial charge in [0.1, 0.15) is 0 Å². The number of rotatable bonds is 2. The highest BCUT2D eigenvalue weighted by Crippen LogP contribution is 2.54. The lowest BCUT2D eigenvalue weighted by molar-refractivity contribution is 1.03. The fourth-order valence-corrected chi connectivity index (χ4v) is 9.61. The normalized spacial score (nSPS) is 14.3. The second kappa shape index (κ2) is 9.22. The van der Waals surface area contributed by atoms with Crippen LogP contribution in [0.25, 0.3) is 97.7 Å². The van der Waals surface area contributed by atoms with Crippen LogP contribution in [0.5, 0.6) is 0 Å². The van der Waals surface area contributed by atoms with E-state index in [0.717, 1.165) is 0 Å². The second-order valence-electron chi connectivity index (χ2n) is 13.8. The lowest BCUT2D eigenvalue weighted by atomic mass is 9.80. The van der Waals surface area contributed by atoms with Crippen LogP contribution in [0.15, 0.2) is 158 Å². The van der Waals surface area contributed by atoms with Crippen molar-refractivity contribution in [1.29, 1.82) is 0 Å². The highest BCUT2D eigenvalue weighted by Gasteiger charge is 2.34. The predicted molar refractivity (Wildman–Crippen MR) is 208 cm³/mol. The van der Waals surface area contributed by atoms with E-state index in [0.29, 0.717) is 0 Å². The Balaban J connectivity index is 1.19. The lowest BCUT2D eigenvalue weighted by Crippen LogP contribution is -2.03. The summed E-state index contributed by atoms with van der Waals surface area (Å²) in [7, 11) is 0. The minimum atomic E-state index is 0.0782. The van der Waals surface area contributed by atoms with Crippen LogP contribution in [0.2, 0.25) is 0 Å². The molecule has 0 amide bonds. The Kier molecular flexibility index (Phi) is 4.85. The first kappa shape index (κ1) is 25.8. The van der Waals surface area contributed by atoms with E-state index in [1.807, 2.05) is 0 Å². The molecule has 0 aromatic heterocycles. The Hall–Kier alpha value is -6.24. The minimum Gasteiger partial charge on any atom is -0.0619 e. The van der Waals surface area contributed by atoms with Gasteiger partial charge in [-0.25, -0.2) is 0 Å². The molecule has 1 atom stereocenters. The molecule has 1 radical (unpaired) electrons. The summed E-state index contributed by atoms with van der Waals surface area (Å²) in [6, 6.07) is 63.0. The van der Waals surface area contributed by atoms with E-state index >= 15 is 0 Å². The van der Waals surface area contributed by atoms with Gasteiger partial charge in [-0.1, -0.05) is 158 Å². The molecule has 0 heteroatoms. The van der Waals surface area contributed by atoms with Gasteiger partial charge in [-0.3, -0.25) is 0 Å². The van der Waals surface area contributed by atoms with Crippen molar-refractivity contribution < 1.29 is 0 Å². The van der Waals surface area contributed by atoms with E-state index in [1.165, 1.54) is 114 Å². The number of fused-ring (bicyclic) bond motifs is 5. The fourth-order valence-electron chi connectivity index (χ4n) is 9.61. The third kappa shape index (κ3) is 3.24. The zero-order valence-electron chi connectivity index (χ0n) is 26.6. The van der Waals surface area contributed by atoms with Crippen molar-refractivity contribution in [3.05, 3.63) is 180 Å². The van der Waals surface area contributed by atoms with Gasteiger partial charge < -0.3 is 0 Å². The quantitative estimate of drug-likeness (QED) is 0.134. The Bertz CT molecular complexity index is 3090. The molecule has 0 heterocycles. The summed E-state index contributed by atoms with van der Waals surface area (Å²) in [5, 5.41) is 18.5. The van der Waals surface area contributed by atoms with Crippen LogP contribution in [-0.4, -0.2) is 0 Å². The van der Waals surface area contributed by atoms with Gasteiger partial charge in [0.25, 0.3) is 0 Å². The van der Waals surface area contributed by atoms with Crippen LogP contribution >= 0.6 is 0 Å². The number of hydrogen-bond donors (Lipinski definition) is 0. The molecule has 11 aromatic carbocycles. The van der Waals surface area contributed by atoms with Crippen LogP contribution in [0, 0.1) is 6.07 Å². The molecule has 0 N–H and O–H groups in total. The Morgan fingerprint density at radius 1 is 0.327 bits per heavy atom. The Morgan fingerprint density at radius 2 is 0.918 bits per heavy atom.